The van der Waals surface area contributed by atoms with Crippen LogP contribution in [0.3, 0.4) is 0 Å². The van der Waals surface area contributed by atoms with Gasteiger partial charge in [0.2, 0.25) is 5.88 Å². The van der Waals surface area contributed by atoms with Gasteiger partial charge in [-0.2, -0.15) is 0 Å². The molecule has 1 aromatic carbocycles. The van der Waals surface area contributed by atoms with Gasteiger partial charge >= 0.3 is 0 Å². The normalized spacial score (nSPS) is 14.2. The van der Waals surface area contributed by atoms with E-state index in [2.05, 4.69) is 20.9 Å². The molecule has 0 fully saturated rings. The van der Waals surface area contributed by atoms with E-state index in [1.165, 1.54) is 11.3 Å². The summed E-state index contributed by atoms with van der Waals surface area (Å²) < 4.78 is 3.05. The first kappa shape index (κ1) is 15.6. The van der Waals surface area contributed by atoms with Gasteiger partial charge in [-0.15, -0.1) is 11.3 Å². The smallest absolute Gasteiger partial charge is 0.279 e. The van der Waals surface area contributed by atoms with E-state index in [9.17, 15) is 9.90 Å². The Morgan fingerprint density at radius 1 is 1.36 bits per heavy atom. The number of carbonyl (C=O) groups excluding carboxylic acids is 1. The van der Waals surface area contributed by atoms with Crippen LogP contribution in [0.1, 0.15) is 25.6 Å². The number of halogens is 1. The molecule has 114 valence electrons. The van der Waals surface area contributed by atoms with Gasteiger partial charge in [-0.25, -0.2) is 4.99 Å². The summed E-state index contributed by atoms with van der Waals surface area (Å²) >= 11 is 10.0. The van der Waals surface area contributed by atoms with Gasteiger partial charge < -0.3 is 5.11 Å². The number of benzene rings is 1. The molecule has 2 heterocycles. The average molecular weight is 397 g/mol. The second-order valence-corrected chi connectivity index (χ2v) is 8.54. The van der Waals surface area contributed by atoms with Crippen molar-refractivity contribution in [1.82, 2.24) is 4.57 Å². The maximum absolute atomic E-state index is 12.3. The summed E-state index contributed by atoms with van der Waals surface area (Å²) in [6, 6.07) is 5.45. The summed E-state index contributed by atoms with van der Waals surface area (Å²) in [5.41, 5.74) is 0.0444. The number of amides is 1. The van der Waals surface area contributed by atoms with Gasteiger partial charge in [-0.1, -0.05) is 15.9 Å². The van der Waals surface area contributed by atoms with Crippen LogP contribution in [0.25, 0.3) is 5.57 Å². The fraction of sp³-hybridized carbons (Fsp3) is 0.267. The zero-order chi connectivity index (χ0) is 16.2. The Kier molecular flexibility index (Phi) is 3.62. The number of aromatic nitrogens is 1. The van der Waals surface area contributed by atoms with Gasteiger partial charge in [0, 0.05) is 15.2 Å². The Labute approximate surface area is 144 Å². The second kappa shape index (κ2) is 5.11. The number of thiazole rings is 1. The summed E-state index contributed by atoms with van der Waals surface area (Å²) in [6.45, 7) is 5.86. The predicted octanol–water partition coefficient (Wildman–Crippen LogP) is 2.86. The van der Waals surface area contributed by atoms with Crippen molar-refractivity contribution in [3.05, 3.63) is 42.1 Å². The van der Waals surface area contributed by atoms with Crippen molar-refractivity contribution in [2.75, 3.05) is 0 Å². The maximum atomic E-state index is 12.3. The van der Waals surface area contributed by atoms with Gasteiger partial charge in [0.05, 0.1) is 10.9 Å². The maximum Gasteiger partial charge on any atom is 0.279 e. The van der Waals surface area contributed by atoms with Gasteiger partial charge in [-0.3, -0.25) is 9.36 Å². The third-order valence-electron chi connectivity index (χ3n) is 3.35. The highest BCUT2D eigenvalue weighted by Gasteiger charge is 2.28. The molecule has 1 aliphatic rings. The lowest BCUT2D eigenvalue weighted by molar-refractivity contribution is -0.112. The molecular weight excluding hydrogens is 384 g/mol. The van der Waals surface area contributed by atoms with E-state index in [0.717, 1.165) is 4.47 Å². The number of aromatic hydroxyl groups is 1. The Morgan fingerprint density at radius 2 is 2.05 bits per heavy atom. The van der Waals surface area contributed by atoms with Crippen LogP contribution in [0.15, 0.2) is 27.7 Å². The van der Waals surface area contributed by atoms with Gasteiger partial charge in [-0.05, 0) is 51.2 Å². The number of fused-ring (bicyclic) bond motifs is 1. The molecule has 0 spiro atoms. The van der Waals surface area contributed by atoms with Gasteiger partial charge in [0.1, 0.15) is 4.88 Å². The molecule has 0 radical (unpaired) electrons. The molecule has 0 bridgehead atoms. The van der Waals surface area contributed by atoms with E-state index in [0.29, 0.717) is 25.0 Å². The lowest BCUT2D eigenvalue weighted by Crippen LogP contribution is -2.23. The predicted molar refractivity (Wildman–Crippen MR) is 92.2 cm³/mol. The molecule has 0 aliphatic carbocycles. The first-order chi connectivity index (χ1) is 10.2. The Morgan fingerprint density at radius 3 is 2.64 bits per heavy atom. The quantitative estimate of drug-likeness (QED) is 0.753. The summed E-state index contributed by atoms with van der Waals surface area (Å²) in [5, 5.41) is 11.9. The first-order valence-corrected chi connectivity index (χ1v) is 8.60. The summed E-state index contributed by atoms with van der Waals surface area (Å²) in [7, 11) is 0. The minimum atomic E-state index is -0.366. The zero-order valence-electron chi connectivity index (χ0n) is 12.2. The molecule has 0 atom stereocenters. The Bertz CT molecular complexity index is 980. The van der Waals surface area contributed by atoms with Crippen molar-refractivity contribution in [3.8, 4) is 5.88 Å². The van der Waals surface area contributed by atoms with Crippen molar-refractivity contribution >= 4 is 51.0 Å². The van der Waals surface area contributed by atoms with Crippen LogP contribution in [-0.4, -0.2) is 15.6 Å². The SMILES string of the molecule is CC(C)(C)n1c(O)c(C2=c3cc(Br)ccc3=NC2=O)sc1=S. The van der Waals surface area contributed by atoms with E-state index in [-0.39, 0.29) is 17.3 Å². The molecule has 2 aromatic rings. The fourth-order valence-corrected chi connectivity index (χ4v) is 4.51. The van der Waals surface area contributed by atoms with Crippen LogP contribution in [0.5, 0.6) is 5.88 Å². The van der Waals surface area contributed by atoms with Crippen molar-refractivity contribution in [1.29, 1.82) is 0 Å². The summed E-state index contributed by atoms with van der Waals surface area (Å²) in [4.78, 5) is 16.8. The molecule has 1 aromatic heterocycles. The molecule has 22 heavy (non-hydrogen) atoms. The fourth-order valence-electron chi connectivity index (χ4n) is 2.43. The largest absolute Gasteiger partial charge is 0.493 e. The topological polar surface area (TPSA) is 54.6 Å². The molecule has 0 unspecified atom stereocenters. The number of nitrogens with zero attached hydrogens (tertiary/aromatic N) is 2. The molecule has 7 heteroatoms. The monoisotopic (exact) mass is 396 g/mol. The Hall–Kier alpha value is -1.31. The number of rotatable bonds is 1. The van der Waals surface area contributed by atoms with Crippen LogP contribution in [0.4, 0.5) is 0 Å². The van der Waals surface area contributed by atoms with Crippen LogP contribution in [0, 0.1) is 3.95 Å². The average Bonchev–Trinajstić information content (AvgIpc) is 2.84. The molecule has 0 saturated heterocycles. The van der Waals surface area contributed by atoms with E-state index >= 15 is 0 Å². The molecule has 3 rings (SSSR count). The molecule has 4 nitrogen and oxygen atoms in total. The van der Waals surface area contributed by atoms with Crippen LogP contribution in [-0.2, 0) is 10.3 Å². The minimum absolute atomic E-state index is 0.0221. The molecule has 1 aliphatic heterocycles. The third kappa shape index (κ3) is 2.37. The zero-order valence-corrected chi connectivity index (χ0v) is 15.4. The molecule has 0 saturated carbocycles. The van der Waals surface area contributed by atoms with Crippen molar-refractivity contribution < 1.29 is 9.90 Å². The second-order valence-electron chi connectivity index (χ2n) is 5.98. The molecule has 1 amide bonds. The Balaban J connectivity index is 2.39. The van der Waals surface area contributed by atoms with Crippen molar-refractivity contribution in [2.24, 2.45) is 4.99 Å². The number of carbonyl (C=O) groups is 1. The van der Waals surface area contributed by atoms with E-state index in [1.54, 1.807) is 10.6 Å². The standard InChI is InChI=1S/C15H13BrN2O2S2/c1-15(2,3)18-13(20)11(22-14(18)21)10-8-6-7(16)4-5-9(8)17-12(10)19/h4-6,20H,1-3H3. The van der Waals surface area contributed by atoms with Gasteiger partial charge in [0.15, 0.2) is 3.95 Å². The van der Waals surface area contributed by atoms with Crippen LogP contribution < -0.4 is 10.6 Å². The lowest BCUT2D eigenvalue weighted by atomic mass is 10.1. The minimum Gasteiger partial charge on any atom is -0.493 e. The van der Waals surface area contributed by atoms with E-state index in [4.69, 9.17) is 12.2 Å². The van der Waals surface area contributed by atoms with Crippen molar-refractivity contribution in [3.63, 3.8) is 0 Å². The third-order valence-corrected chi connectivity index (χ3v) is 5.22. The first-order valence-electron chi connectivity index (χ1n) is 6.59. The highest BCUT2D eigenvalue weighted by atomic mass is 79.9. The summed E-state index contributed by atoms with van der Waals surface area (Å²) in [5.74, 6) is -0.324. The summed E-state index contributed by atoms with van der Waals surface area (Å²) in [6.07, 6.45) is 0. The number of hydrogen-bond donors (Lipinski definition) is 1. The van der Waals surface area contributed by atoms with Crippen LogP contribution >= 0.6 is 39.5 Å². The van der Waals surface area contributed by atoms with Gasteiger partial charge in [0.25, 0.3) is 5.91 Å². The van der Waals surface area contributed by atoms with E-state index < -0.39 is 0 Å². The van der Waals surface area contributed by atoms with Crippen LogP contribution in [0.2, 0.25) is 0 Å². The lowest BCUT2D eigenvalue weighted by Gasteiger charge is -2.21. The molecule has 1 N–H and O–H groups in total. The number of hydrogen-bond acceptors (Lipinski definition) is 4. The highest BCUT2D eigenvalue weighted by molar-refractivity contribution is 9.10. The molecular formula is C15H13BrN2O2S2. The highest BCUT2D eigenvalue weighted by Crippen LogP contribution is 2.36. The van der Waals surface area contributed by atoms with Crippen molar-refractivity contribution in [2.45, 2.75) is 26.3 Å². The van der Waals surface area contributed by atoms with E-state index in [1.807, 2.05) is 32.9 Å².